The van der Waals surface area contributed by atoms with Crippen LogP contribution < -0.4 is 14.4 Å². The lowest BCUT2D eigenvalue weighted by Crippen LogP contribution is -2.27. The maximum Gasteiger partial charge on any atom is 0.270 e. The van der Waals surface area contributed by atoms with Crippen molar-refractivity contribution in [3.8, 4) is 23.8 Å². The van der Waals surface area contributed by atoms with Crippen LogP contribution in [0.2, 0.25) is 5.02 Å². The van der Waals surface area contributed by atoms with Gasteiger partial charge in [-0.05, 0) is 64.6 Å². The lowest BCUT2D eigenvalue weighted by atomic mass is 10.1. The largest absolute Gasteiger partial charge is 0.493 e. The maximum absolute atomic E-state index is 13.4. The van der Waals surface area contributed by atoms with E-state index >= 15 is 0 Å². The van der Waals surface area contributed by atoms with Crippen LogP contribution in [0.15, 0.2) is 35.2 Å². The van der Waals surface area contributed by atoms with Gasteiger partial charge in [0, 0.05) is 0 Å². The monoisotopic (exact) mass is 559 g/mol. The van der Waals surface area contributed by atoms with E-state index in [1.54, 1.807) is 12.1 Å². The summed E-state index contributed by atoms with van der Waals surface area (Å²) in [4.78, 5) is 14.6. The first kappa shape index (κ1) is 21.9. The third-order valence-electron chi connectivity index (χ3n) is 3.80. The molecule has 0 aliphatic carbocycles. The van der Waals surface area contributed by atoms with Gasteiger partial charge in [0.25, 0.3) is 5.91 Å². The Hall–Kier alpha value is -1.80. The van der Waals surface area contributed by atoms with E-state index in [0.717, 1.165) is 20.9 Å². The lowest BCUT2D eigenvalue weighted by molar-refractivity contribution is -0.113. The Balaban J connectivity index is 1.94. The smallest absolute Gasteiger partial charge is 0.270 e. The van der Waals surface area contributed by atoms with Crippen molar-refractivity contribution in [2.45, 2.75) is 0 Å². The molecule has 0 N–H and O–H groups in total. The third-order valence-corrected chi connectivity index (χ3v) is 6.20. The summed E-state index contributed by atoms with van der Waals surface area (Å²) in [5.74, 6) is 2.57. The number of amides is 1. The summed E-state index contributed by atoms with van der Waals surface area (Å²) < 4.78 is 25.5. The first-order chi connectivity index (χ1) is 13.8. The predicted octanol–water partition coefficient (Wildman–Crippen LogP) is 5.51. The summed E-state index contributed by atoms with van der Waals surface area (Å²) in [6.45, 7) is 0.116. The molecule has 3 rings (SSSR count). The van der Waals surface area contributed by atoms with Crippen molar-refractivity contribution in [3.63, 3.8) is 0 Å². The number of ether oxygens (including phenoxy) is 2. The zero-order valence-electron chi connectivity index (χ0n) is 14.9. The highest BCUT2D eigenvalue weighted by Crippen LogP contribution is 2.39. The van der Waals surface area contributed by atoms with Crippen molar-refractivity contribution in [2.75, 3.05) is 18.6 Å². The number of terminal acetylenes is 1. The normalized spacial score (nSPS) is 15.0. The van der Waals surface area contributed by atoms with Crippen molar-refractivity contribution in [1.29, 1.82) is 0 Å². The van der Waals surface area contributed by atoms with E-state index in [2.05, 4.69) is 28.5 Å². The van der Waals surface area contributed by atoms with Gasteiger partial charge in [-0.25, -0.2) is 4.39 Å². The number of rotatable bonds is 5. The molecule has 0 saturated carbocycles. The van der Waals surface area contributed by atoms with Gasteiger partial charge in [-0.3, -0.25) is 9.69 Å². The van der Waals surface area contributed by atoms with Crippen LogP contribution in [0, 0.1) is 21.7 Å². The van der Waals surface area contributed by atoms with Crippen LogP contribution in [0.3, 0.4) is 0 Å². The summed E-state index contributed by atoms with van der Waals surface area (Å²) in [6.07, 6.45) is 6.96. The highest BCUT2D eigenvalue weighted by atomic mass is 127. The minimum atomic E-state index is -0.565. The van der Waals surface area contributed by atoms with Gasteiger partial charge in [0.15, 0.2) is 15.8 Å². The highest BCUT2D eigenvalue weighted by Gasteiger charge is 2.33. The highest BCUT2D eigenvalue weighted by molar-refractivity contribution is 14.1. The Morgan fingerprint density at radius 2 is 2.17 bits per heavy atom. The first-order valence-corrected chi connectivity index (χ1v) is 10.7. The van der Waals surface area contributed by atoms with E-state index < -0.39 is 5.82 Å². The molecular formula is C20H12ClFINO3S2. The second-order valence-electron chi connectivity index (χ2n) is 5.64. The minimum Gasteiger partial charge on any atom is -0.493 e. The van der Waals surface area contributed by atoms with E-state index in [4.69, 9.17) is 39.7 Å². The third kappa shape index (κ3) is 4.69. The van der Waals surface area contributed by atoms with Gasteiger partial charge < -0.3 is 9.47 Å². The van der Waals surface area contributed by atoms with Gasteiger partial charge in [-0.2, -0.15) is 0 Å². The average molecular weight is 560 g/mol. The molecular weight excluding hydrogens is 548 g/mol. The van der Waals surface area contributed by atoms with Crippen molar-refractivity contribution in [1.82, 2.24) is 0 Å². The van der Waals surface area contributed by atoms with Crippen LogP contribution in [0.5, 0.6) is 11.5 Å². The molecule has 2 aromatic carbocycles. The number of thiocarbonyl (C=S) groups is 1. The molecule has 29 heavy (non-hydrogen) atoms. The van der Waals surface area contributed by atoms with E-state index in [1.165, 1.54) is 30.2 Å². The fourth-order valence-corrected chi connectivity index (χ4v) is 4.80. The SMILES string of the molecule is C#CCOc1c(I)cc(/C=C2/SC(=S)N(c3ccc(F)c(Cl)c3)C2=O)cc1OC. The van der Waals surface area contributed by atoms with Crippen LogP contribution in [-0.2, 0) is 4.79 Å². The van der Waals surface area contributed by atoms with Crippen LogP contribution in [-0.4, -0.2) is 23.9 Å². The van der Waals surface area contributed by atoms with Gasteiger partial charge in [-0.1, -0.05) is 41.5 Å². The van der Waals surface area contributed by atoms with Crippen LogP contribution >= 0.6 is 58.2 Å². The molecule has 1 aliphatic heterocycles. The van der Waals surface area contributed by atoms with Crippen molar-refractivity contribution < 1.29 is 18.7 Å². The summed E-state index contributed by atoms with van der Waals surface area (Å²) in [7, 11) is 1.52. The Morgan fingerprint density at radius 3 is 2.83 bits per heavy atom. The van der Waals surface area contributed by atoms with E-state index in [9.17, 15) is 9.18 Å². The lowest BCUT2D eigenvalue weighted by Gasteiger charge is -2.15. The molecule has 0 bridgehead atoms. The Kier molecular flexibility index (Phi) is 7.05. The van der Waals surface area contributed by atoms with Crippen molar-refractivity contribution >= 4 is 80.2 Å². The number of hydrogen-bond donors (Lipinski definition) is 0. The molecule has 9 heteroatoms. The standard InChI is InChI=1S/C20H12ClFINO3S2/c1-3-6-27-18-15(23)7-11(8-16(18)26-2)9-17-19(25)24(20(28)29-17)12-4-5-14(22)13(21)10-12/h1,4-5,7-10H,6H2,2H3/b17-9+. The molecule has 0 atom stereocenters. The van der Waals surface area contributed by atoms with Crippen molar-refractivity contribution in [2.24, 2.45) is 0 Å². The molecule has 0 radical (unpaired) electrons. The molecule has 4 nitrogen and oxygen atoms in total. The molecule has 1 aliphatic rings. The Bertz CT molecular complexity index is 1080. The van der Waals surface area contributed by atoms with Gasteiger partial charge in [0.2, 0.25) is 0 Å². The number of nitrogens with zero attached hydrogens (tertiary/aromatic N) is 1. The van der Waals surface area contributed by atoms with Gasteiger partial charge in [0.05, 0.1) is 26.3 Å². The molecule has 0 spiro atoms. The molecule has 0 unspecified atom stereocenters. The number of carbonyl (C=O) groups excluding carboxylic acids is 1. The van der Waals surface area contributed by atoms with Gasteiger partial charge >= 0.3 is 0 Å². The van der Waals surface area contributed by atoms with Crippen LogP contribution in [0.4, 0.5) is 10.1 Å². The van der Waals surface area contributed by atoms with E-state index in [0.29, 0.717) is 26.4 Å². The summed E-state index contributed by atoms with van der Waals surface area (Å²) in [5, 5.41) is -0.0811. The molecule has 2 aromatic rings. The Morgan fingerprint density at radius 1 is 1.41 bits per heavy atom. The molecule has 1 saturated heterocycles. The number of thioether (sulfide) groups is 1. The summed E-state index contributed by atoms with van der Waals surface area (Å²) in [5.41, 5.74) is 1.14. The van der Waals surface area contributed by atoms with Crippen LogP contribution in [0.1, 0.15) is 5.56 Å². The molecule has 148 valence electrons. The maximum atomic E-state index is 13.4. The topological polar surface area (TPSA) is 38.8 Å². The predicted molar refractivity (Wildman–Crippen MR) is 127 cm³/mol. The number of hydrogen-bond acceptors (Lipinski definition) is 5. The molecule has 1 fully saturated rings. The second kappa shape index (κ2) is 9.34. The number of benzene rings is 2. The number of anilines is 1. The van der Waals surface area contributed by atoms with E-state index in [-0.39, 0.29) is 17.5 Å². The summed E-state index contributed by atoms with van der Waals surface area (Å²) in [6, 6.07) is 7.61. The molecule has 1 amide bonds. The zero-order valence-corrected chi connectivity index (χ0v) is 19.4. The fourth-order valence-electron chi connectivity index (χ4n) is 2.54. The van der Waals surface area contributed by atoms with Gasteiger partial charge in [-0.15, -0.1) is 6.42 Å². The number of halogens is 3. The quantitative estimate of drug-likeness (QED) is 0.209. The second-order valence-corrected chi connectivity index (χ2v) is 8.89. The number of carbonyl (C=O) groups is 1. The summed E-state index contributed by atoms with van der Waals surface area (Å²) >= 11 is 14.4. The average Bonchev–Trinajstić information content (AvgIpc) is 2.96. The minimum absolute atomic E-state index is 0.0811. The van der Waals surface area contributed by atoms with Crippen LogP contribution in [0.25, 0.3) is 6.08 Å². The first-order valence-electron chi connectivity index (χ1n) is 8.02. The van der Waals surface area contributed by atoms with Gasteiger partial charge in [0.1, 0.15) is 12.4 Å². The van der Waals surface area contributed by atoms with E-state index in [1.807, 2.05) is 6.07 Å². The molecule has 0 aromatic heterocycles. The Labute approximate surface area is 195 Å². The number of methoxy groups -OCH3 is 1. The fraction of sp³-hybridized carbons (Fsp3) is 0.100. The van der Waals surface area contributed by atoms with Crippen molar-refractivity contribution in [3.05, 3.63) is 55.2 Å². The zero-order chi connectivity index (χ0) is 21.1. The molecule has 1 heterocycles.